The van der Waals surface area contributed by atoms with Gasteiger partial charge < -0.3 is 5.32 Å². The Morgan fingerprint density at radius 3 is 2.54 bits per heavy atom. The van der Waals surface area contributed by atoms with E-state index in [1.165, 1.54) is 0 Å². The molecule has 1 amide bonds. The Labute approximate surface area is 176 Å². The van der Waals surface area contributed by atoms with Gasteiger partial charge >= 0.3 is 0 Å². The zero-order valence-corrected chi connectivity index (χ0v) is 18.4. The van der Waals surface area contributed by atoms with Gasteiger partial charge in [-0.05, 0) is 49.7 Å². The van der Waals surface area contributed by atoms with E-state index in [4.69, 9.17) is 0 Å². The number of anilines is 2. The van der Waals surface area contributed by atoms with Crippen molar-refractivity contribution in [2.24, 2.45) is 0 Å². The summed E-state index contributed by atoms with van der Waals surface area (Å²) in [6, 6.07) is 12.1. The van der Waals surface area contributed by atoms with E-state index in [0.717, 1.165) is 26.9 Å². The first-order valence-corrected chi connectivity index (χ1v) is 11.5. The van der Waals surface area contributed by atoms with Crippen LogP contribution in [0.25, 0.3) is 0 Å². The molecule has 0 aliphatic rings. The van der Waals surface area contributed by atoms with E-state index in [-0.39, 0.29) is 22.4 Å². The molecule has 0 fully saturated rings. The predicted octanol–water partition coefficient (Wildman–Crippen LogP) is 4.50. The van der Waals surface area contributed by atoms with Crippen LogP contribution in [0.15, 0.2) is 57.2 Å². The van der Waals surface area contributed by atoms with Gasteiger partial charge in [-0.1, -0.05) is 33.6 Å². The molecule has 0 atom stereocenters. The fourth-order valence-corrected chi connectivity index (χ4v) is 4.63. The molecule has 0 spiro atoms. The second-order valence-electron chi connectivity index (χ2n) is 6.25. The minimum Gasteiger partial charge on any atom is -0.326 e. The van der Waals surface area contributed by atoms with Gasteiger partial charge in [0, 0.05) is 15.5 Å². The van der Waals surface area contributed by atoms with Crippen molar-refractivity contribution in [3.05, 3.63) is 69.1 Å². The Bertz CT molecular complexity index is 1110. The van der Waals surface area contributed by atoms with Gasteiger partial charge in [-0.25, -0.2) is 13.4 Å². The van der Waals surface area contributed by atoms with Crippen LogP contribution in [0.5, 0.6) is 0 Å². The van der Waals surface area contributed by atoms with E-state index in [1.54, 1.807) is 35.7 Å². The summed E-state index contributed by atoms with van der Waals surface area (Å²) < 4.78 is 28.3. The number of halogens is 1. The molecule has 0 unspecified atom stereocenters. The van der Waals surface area contributed by atoms with Gasteiger partial charge in [0.05, 0.1) is 17.0 Å². The summed E-state index contributed by atoms with van der Waals surface area (Å²) in [5.41, 5.74) is 3.18. The first kappa shape index (κ1) is 20.5. The summed E-state index contributed by atoms with van der Waals surface area (Å²) in [4.78, 5) is 16.6. The molecule has 1 heterocycles. The molecule has 9 heteroatoms. The highest BCUT2D eigenvalue weighted by molar-refractivity contribution is 9.10. The second-order valence-corrected chi connectivity index (χ2v) is 9.65. The van der Waals surface area contributed by atoms with E-state index in [1.807, 2.05) is 26.0 Å². The molecule has 3 aromatic rings. The maximum absolute atomic E-state index is 12.4. The molecule has 0 saturated carbocycles. The minimum absolute atomic E-state index is 0.0534. The summed E-state index contributed by atoms with van der Waals surface area (Å²) >= 11 is 4.56. The maximum Gasteiger partial charge on any atom is 0.263 e. The lowest BCUT2D eigenvalue weighted by atomic mass is 10.2. The molecule has 28 heavy (non-hydrogen) atoms. The number of benzene rings is 2. The molecule has 0 saturated heterocycles. The van der Waals surface area contributed by atoms with Crippen LogP contribution < -0.4 is 10.0 Å². The predicted molar refractivity (Wildman–Crippen MR) is 115 cm³/mol. The molecule has 0 aliphatic carbocycles. The smallest absolute Gasteiger partial charge is 0.263 e. The lowest BCUT2D eigenvalue weighted by Crippen LogP contribution is -2.15. The highest BCUT2D eigenvalue weighted by atomic mass is 79.9. The van der Waals surface area contributed by atoms with Crippen LogP contribution in [-0.4, -0.2) is 19.3 Å². The van der Waals surface area contributed by atoms with Crippen molar-refractivity contribution in [2.75, 3.05) is 10.0 Å². The van der Waals surface area contributed by atoms with Crippen LogP contribution in [0.4, 0.5) is 10.8 Å². The Morgan fingerprint density at radius 2 is 1.86 bits per heavy atom. The summed E-state index contributed by atoms with van der Waals surface area (Å²) in [7, 11) is -3.71. The first-order valence-electron chi connectivity index (χ1n) is 8.33. The Kier molecular flexibility index (Phi) is 6.17. The molecular weight excluding hydrogens is 462 g/mol. The molecule has 2 N–H and O–H groups in total. The summed E-state index contributed by atoms with van der Waals surface area (Å²) in [6.45, 7) is 3.82. The van der Waals surface area contributed by atoms with Crippen molar-refractivity contribution in [1.82, 2.24) is 4.98 Å². The third-order valence-corrected chi connectivity index (χ3v) is 7.07. The molecule has 0 radical (unpaired) electrons. The van der Waals surface area contributed by atoms with Gasteiger partial charge in [0.2, 0.25) is 5.91 Å². The number of carbonyl (C=O) groups is 1. The largest absolute Gasteiger partial charge is 0.326 e. The molecule has 0 aliphatic heterocycles. The van der Waals surface area contributed by atoms with Crippen LogP contribution in [0.1, 0.15) is 16.8 Å². The Morgan fingerprint density at radius 1 is 1.14 bits per heavy atom. The van der Waals surface area contributed by atoms with E-state index < -0.39 is 10.0 Å². The number of rotatable bonds is 6. The van der Waals surface area contributed by atoms with Gasteiger partial charge in [-0.2, -0.15) is 0 Å². The quantitative estimate of drug-likeness (QED) is 0.544. The molecule has 6 nitrogen and oxygen atoms in total. The van der Waals surface area contributed by atoms with Gasteiger partial charge in [0.15, 0.2) is 5.13 Å². The number of thiazole rings is 1. The standard InChI is InChI=1S/C19H18BrN3O3S2/c1-12-3-6-16(7-4-12)28(25,26)23-19-22-15(11-27-19)10-18(24)21-14-5-8-17(20)13(2)9-14/h3-9,11H,10H2,1-2H3,(H,21,24)(H,22,23). The van der Waals surface area contributed by atoms with Crippen molar-refractivity contribution in [3.8, 4) is 0 Å². The number of carbonyl (C=O) groups excluding carboxylic acids is 1. The zero-order chi connectivity index (χ0) is 20.3. The molecule has 1 aromatic heterocycles. The highest BCUT2D eigenvalue weighted by Crippen LogP contribution is 2.22. The molecule has 0 bridgehead atoms. The lowest BCUT2D eigenvalue weighted by Gasteiger charge is -2.06. The summed E-state index contributed by atoms with van der Waals surface area (Å²) in [5, 5.41) is 4.70. The van der Waals surface area contributed by atoms with Gasteiger partial charge in [-0.3, -0.25) is 9.52 Å². The van der Waals surface area contributed by atoms with Crippen molar-refractivity contribution in [3.63, 3.8) is 0 Å². The monoisotopic (exact) mass is 479 g/mol. The zero-order valence-electron chi connectivity index (χ0n) is 15.2. The number of hydrogen-bond donors (Lipinski definition) is 2. The molecule has 3 rings (SSSR count). The Balaban J connectivity index is 1.64. The number of aryl methyl sites for hydroxylation is 2. The average Bonchev–Trinajstić information content (AvgIpc) is 3.04. The fourth-order valence-electron chi connectivity index (χ4n) is 2.42. The molecular formula is C19H18BrN3O3S2. The first-order chi connectivity index (χ1) is 13.2. The summed E-state index contributed by atoms with van der Waals surface area (Å²) in [5.74, 6) is -0.222. The number of nitrogens with zero attached hydrogens (tertiary/aromatic N) is 1. The number of hydrogen-bond acceptors (Lipinski definition) is 5. The van der Waals surface area contributed by atoms with Crippen LogP contribution in [0.3, 0.4) is 0 Å². The van der Waals surface area contributed by atoms with Crippen molar-refractivity contribution in [2.45, 2.75) is 25.2 Å². The van der Waals surface area contributed by atoms with E-state index in [2.05, 4.69) is 31.0 Å². The molecule has 146 valence electrons. The number of nitrogens with one attached hydrogen (secondary N) is 2. The number of sulfonamides is 1. The molecule has 2 aromatic carbocycles. The number of aromatic nitrogens is 1. The fraction of sp³-hybridized carbons (Fsp3) is 0.158. The third-order valence-electron chi connectivity index (χ3n) is 3.89. The normalized spacial score (nSPS) is 11.2. The van der Waals surface area contributed by atoms with E-state index in [9.17, 15) is 13.2 Å². The second kappa shape index (κ2) is 8.42. The van der Waals surface area contributed by atoms with Gasteiger partial charge in [0.25, 0.3) is 10.0 Å². The van der Waals surface area contributed by atoms with Crippen molar-refractivity contribution in [1.29, 1.82) is 0 Å². The number of amides is 1. The minimum atomic E-state index is -3.71. The third kappa shape index (κ3) is 5.18. The highest BCUT2D eigenvalue weighted by Gasteiger charge is 2.16. The van der Waals surface area contributed by atoms with E-state index >= 15 is 0 Å². The van der Waals surface area contributed by atoms with Crippen molar-refractivity contribution >= 4 is 54.0 Å². The topological polar surface area (TPSA) is 88.2 Å². The van der Waals surface area contributed by atoms with Crippen molar-refractivity contribution < 1.29 is 13.2 Å². The maximum atomic E-state index is 12.4. The van der Waals surface area contributed by atoms with Crippen LogP contribution >= 0.6 is 27.3 Å². The van der Waals surface area contributed by atoms with Gasteiger partial charge in [0.1, 0.15) is 0 Å². The SMILES string of the molecule is Cc1ccc(S(=O)(=O)Nc2nc(CC(=O)Nc3ccc(Br)c(C)c3)cs2)cc1. The van der Waals surface area contributed by atoms with Crippen LogP contribution in [-0.2, 0) is 21.2 Å². The van der Waals surface area contributed by atoms with Crippen LogP contribution in [0, 0.1) is 13.8 Å². The van der Waals surface area contributed by atoms with E-state index in [0.29, 0.717) is 11.4 Å². The summed E-state index contributed by atoms with van der Waals surface area (Å²) in [6.07, 6.45) is 0.0534. The average molecular weight is 480 g/mol. The van der Waals surface area contributed by atoms with Crippen LogP contribution in [0.2, 0.25) is 0 Å². The Hall–Kier alpha value is -2.23. The lowest BCUT2D eigenvalue weighted by molar-refractivity contribution is -0.115. The van der Waals surface area contributed by atoms with Gasteiger partial charge in [-0.15, -0.1) is 11.3 Å².